The van der Waals surface area contributed by atoms with Crippen molar-refractivity contribution in [1.29, 1.82) is 0 Å². The molecule has 1 aliphatic rings. The zero-order chi connectivity index (χ0) is 18.9. The van der Waals surface area contributed by atoms with E-state index in [1.165, 1.54) is 17.5 Å². The maximum absolute atomic E-state index is 12.9. The summed E-state index contributed by atoms with van der Waals surface area (Å²) in [6.07, 6.45) is 3.39. The Morgan fingerprint density at radius 2 is 1.73 bits per heavy atom. The van der Waals surface area contributed by atoms with E-state index in [1.807, 2.05) is 26.8 Å². The predicted molar refractivity (Wildman–Crippen MR) is 104 cm³/mol. The Labute approximate surface area is 156 Å². The second-order valence-corrected chi connectivity index (χ2v) is 9.00. The Bertz CT molecular complexity index is 903. The topological polar surface area (TPSA) is 55.4 Å². The van der Waals surface area contributed by atoms with Crippen LogP contribution in [0.3, 0.4) is 0 Å². The van der Waals surface area contributed by atoms with Gasteiger partial charge in [-0.2, -0.15) is 0 Å². The molecule has 0 saturated carbocycles. The molecule has 0 saturated heterocycles. The van der Waals surface area contributed by atoms with Crippen molar-refractivity contribution in [3.63, 3.8) is 0 Å². The van der Waals surface area contributed by atoms with Crippen LogP contribution in [-0.4, -0.2) is 15.5 Å². The van der Waals surface area contributed by atoms with Crippen LogP contribution in [-0.2, 0) is 22.9 Å². The maximum atomic E-state index is 12.9. The van der Waals surface area contributed by atoms with E-state index in [0.29, 0.717) is 5.75 Å². The highest BCUT2D eigenvalue weighted by molar-refractivity contribution is 7.89. The third-order valence-electron chi connectivity index (χ3n) is 5.09. The van der Waals surface area contributed by atoms with E-state index in [0.717, 1.165) is 24.0 Å². The minimum absolute atomic E-state index is 0.175. The number of hydrogen-bond donors (Lipinski definition) is 1. The quantitative estimate of drug-likeness (QED) is 0.819. The minimum atomic E-state index is -3.61. The number of ether oxygens (including phenoxy) is 1. The average molecular weight is 374 g/mol. The molecular weight excluding hydrogens is 346 g/mol. The number of aryl methyl sites for hydroxylation is 2. The summed E-state index contributed by atoms with van der Waals surface area (Å²) >= 11 is 0. The summed E-state index contributed by atoms with van der Waals surface area (Å²) in [4.78, 5) is 0.273. The van der Waals surface area contributed by atoms with E-state index in [-0.39, 0.29) is 16.9 Å². The molecule has 1 N–H and O–H groups in total. The monoisotopic (exact) mass is 373 g/mol. The van der Waals surface area contributed by atoms with Gasteiger partial charge in [0.2, 0.25) is 10.0 Å². The average Bonchev–Trinajstić information content (AvgIpc) is 3.08. The highest BCUT2D eigenvalue weighted by Gasteiger charge is 2.22. The molecule has 140 valence electrons. The van der Waals surface area contributed by atoms with Crippen LogP contribution < -0.4 is 9.46 Å². The van der Waals surface area contributed by atoms with Crippen LogP contribution in [0.15, 0.2) is 41.3 Å². The third kappa shape index (κ3) is 3.79. The molecule has 2 aromatic carbocycles. The molecule has 0 radical (unpaired) electrons. The summed E-state index contributed by atoms with van der Waals surface area (Å²) in [5, 5.41) is 0. The van der Waals surface area contributed by atoms with Gasteiger partial charge in [0.05, 0.1) is 12.0 Å². The van der Waals surface area contributed by atoms with Gasteiger partial charge in [-0.1, -0.05) is 32.0 Å². The van der Waals surface area contributed by atoms with Gasteiger partial charge < -0.3 is 4.74 Å². The fraction of sp³-hybridized carbons (Fsp3) is 0.429. The number of sulfonamides is 1. The molecule has 4 nitrogen and oxygen atoms in total. The highest BCUT2D eigenvalue weighted by Crippen LogP contribution is 2.30. The van der Waals surface area contributed by atoms with Gasteiger partial charge in [0.1, 0.15) is 5.75 Å². The molecule has 0 aliphatic heterocycles. The first kappa shape index (κ1) is 18.9. The van der Waals surface area contributed by atoms with Crippen LogP contribution in [0, 0.1) is 0 Å². The van der Waals surface area contributed by atoms with E-state index in [4.69, 9.17) is 4.74 Å². The normalized spacial score (nSPS) is 15.1. The number of benzene rings is 2. The number of nitrogens with one attached hydrogen (secondary N) is 1. The molecule has 5 heteroatoms. The molecule has 0 fully saturated rings. The lowest BCUT2D eigenvalue weighted by Crippen LogP contribution is -2.27. The molecular formula is C21H27NO3S. The van der Waals surface area contributed by atoms with Crippen LogP contribution in [0.1, 0.15) is 61.4 Å². The van der Waals surface area contributed by atoms with Crippen molar-refractivity contribution in [3.05, 3.63) is 58.7 Å². The lowest BCUT2D eigenvalue weighted by atomic mass is 10.0. The van der Waals surface area contributed by atoms with Crippen LogP contribution in [0.4, 0.5) is 0 Å². The molecule has 0 aromatic heterocycles. The Balaban J connectivity index is 1.85. The molecule has 0 heterocycles. The zero-order valence-corrected chi connectivity index (χ0v) is 16.7. The molecule has 0 bridgehead atoms. The lowest BCUT2D eigenvalue weighted by molar-refractivity contribution is 0.407. The van der Waals surface area contributed by atoms with Crippen molar-refractivity contribution in [2.75, 3.05) is 7.11 Å². The summed E-state index contributed by atoms with van der Waals surface area (Å²) in [6, 6.07) is 11.1. The van der Waals surface area contributed by atoms with Gasteiger partial charge in [-0.15, -0.1) is 0 Å². The SMILES string of the molecule is COc1ccc(S(=O)(=O)N[C@H](C)c2ccc3c(c2)CCC3)cc1C(C)C. The number of rotatable bonds is 6. The Kier molecular flexibility index (Phi) is 5.39. The summed E-state index contributed by atoms with van der Waals surface area (Å²) in [7, 11) is -2.01. The van der Waals surface area contributed by atoms with E-state index in [2.05, 4.69) is 16.9 Å². The Hall–Kier alpha value is -1.85. The molecule has 1 atom stereocenters. The summed E-state index contributed by atoms with van der Waals surface area (Å²) in [6.45, 7) is 5.94. The van der Waals surface area contributed by atoms with Gasteiger partial charge in [-0.3, -0.25) is 0 Å². The summed E-state index contributed by atoms with van der Waals surface area (Å²) in [5.41, 5.74) is 4.63. The van der Waals surface area contributed by atoms with Crippen molar-refractivity contribution in [2.45, 2.75) is 56.9 Å². The van der Waals surface area contributed by atoms with E-state index in [9.17, 15) is 8.42 Å². The first-order chi connectivity index (χ1) is 12.3. The van der Waals surface area contributed by atoms with Gasteiger partial charge >= 0.3 is 0 Å². The van der Waals surface area contributed by atoms with Gasteiger partial charge in [0.15, 0.2) is 0 Å². The smallest absolute Gasteiger partial charge is 0.241 e. The van der Waals surface area contributed by atoms with Gasteiger partial charge in [0, 0.05) is 6.04 Å². The maximum Gasteiger partial charge on any atom is 0.241 e. The first-order valence-electron chi connectivity index (χ1n) is 9.14. The Morgan fingerprint density at radius 1 is 1.00 bits per heavy atom. The van der Waals surface area contributed by atoms with E-state index < -0.39 is 10.0 Å². The number of methoxy groups -OCH3 is 1. The van der Waals surface area contributed by atoms with Crippen molar-refractivity contribution < 1.29 is 13.2 Å². The van der Waals surface area contributed by atoms with E-state index >= 15 is 0 Å². The van der Waals surface area contributed by atoms with Crippen LogP contribution in [0.25, 0.3) is 0 Å². The van der Waals surface area contributed by atoms with Crippen molar-refractivity contribution in [2.24, 2.45) is 0 Å². The standard InChI is InChI=1S/C21H27NO3S/c1-14(2)20-13-19(10-11-21(20)25-4)26(23,24)22-15(3)17-9-8-16-6-5-7-18(16)12-17/h8-15,22H,5-7H2,1-4H3/t15-/m1/s1. The third-order valence-corrected chi connectivity index (χ3v) is 6.63. The van der Waals surface area contributed by atoms with Crippen LogP contribution in [0.2, 0.25) is 0 Å². The lowest BCUT2D eigenvalue weighted by Gasteiger charge is -2.18. The number of hydrogen-bond acceptors (Lipinski definition) is 3. The molecule has 2 aromatic rings. The molecule has 0 unspecified atom stereocenters. The second-order valence-electron chi connectivity index (χ2n) is 7.28. The van der Waals surface area contributed by atoms with Gasteiger partial charge in [-0.25, -0.2) is 13.1 Å². The summed E-state index contributed by atoms with van der Waals surface area (Å²) in [5.74, 6) is 0.889. The van der Waals surface area contributed by atoms with Gasteiger partial charge in [0.25, 0.3) is 0 Å². The fourth-order valence-electron chi connectivity index (χ4n) is 3.56. The van der Waals surface area contributed by atoms with Crippen LogP contribution >= 0.6 is 0 Å². The van der Waals surface area contributed by atoms with Crippen molar-refractivity contribution in [1.82, 2.24) is 4.72 Å². The molecule has 1 aliphatic carbocycles. The first-order valence-corrected chi connectivity index (χ1v) is 10.6. The molecule has 26 heavy (non-hydrogen) atoms. The Morgan fingerprint density at radius 3 is 2.42 bits per heavy atom. The molecule has 0 spiro atoms. The van der Waals surface area contributed by atoms with Gasteiger partial charge in [-0.05, 0) is 72.6 Å². The minimum Gasteiger partial charge on any atom is -0.496 e. The second kappa shape index (κ2) is 7.41. The van der Waals surface area contributed by atoms with Crippen LogP contribution in [0.5, 0.6) is 5.75 Å². The highest BCUT2D eigenvalue weighted by atomic mass is 32.2. The fourth-order valence-corrected chi connectivity index (χ4v) is 4.83. The van der Waals surface area contributed by atoms with Crippen molar-refractivity contribution in [3.8, 4) is 5.75 Å². The molecule has 3 rings (SSSR count). The van der Waals surface area contributed by atoms with Crippen molar-refractivity contribution >= 4 is 10.0 Å². The summed E-state index contributed by atoms with van der Waals surface area (Å²) < 4.78 is 33.9. The largest absolute Gasteiger partial charge is 0.496 e. The van der Waals surface area contributed by atoms with E-state index in [1.54, 1.807) is 25.3 Å². The predicted octanol–water partition coefficient (Wildman–Crippen LogP) is 4.35. The zero-order valence-electron chi connectivity index (χ0n) is 15.9. The molecule has 0 amide bonds. The number of fused-ring (bicyclic) bond motifs is 1.